The Kier molecular flexibility index (Phi) is 5.53. The lowest BCUT2D eigenvalue weighted by Gasteiger charge is -2.12. The quantitative estimate of drug-likeness (QED) is 0.835. The third-order valence-corrected chi connectivity index (χ3v) is 4.46. The number of aromatic nitrogens is 3. The zero-order chi connectivity index (χ0) is 17.9. The number of halogens is 3. The molecule has 0 spiro atoms. The number of carbonyl (C=O) groups excluding carboxylic acids is 1. The van der Waals surface area contributed by atoms with E-state index < -0.39 is 17.3 Å². The van der Waals surface area contributed by atoms with E-state index in [2.05, 4.69) is 15.5 Å². The molecular weight excluding hydrogens is 341 g/mol. The van der Waals surface area contributed by atoms with Gasteiger partial charge in [0.2, 0.25) is 11.7 Å². The maximum absolute atomic E-state index is 12.7. The number of carbonyl (C=O) groups is 1. The van der Waals surface area contributed by atoms with Crippen LogP contribution in [0.15, 0.2) is 29.4 Å². The molecule has 0 fully saturated rings. The molecule has 1 atom stereocenters. The number of hydrogen-bond donors (Lipinski definition) is 1. The van der Waals surface area contributed by atoms with Gasteiger partial charge < -0.3 is 9.88 Å². The van der Waals surface area contributed by atoms with E-state index in [0.717, 1.165) is 27.5 Å². The Morgan fingerprint density at radius 2 is 1.92 bits per heavy atom. The second-order valence-electron chi connectivity index (χ2n) is 5.33. The monoisotopic (exact) mass is 358 g/mol. The average Bonchev–Trinajstić information content (AvgIpc) is 2.87. The predicted molar refractivity (Wildman–Crippen MR) is 84.3 cm³/mol. The minimum absolute atomic E-state index is 0.0420. The first kappa shape index (κ1) is 18.3. The molecule has 0 bridgehead atoms. The summed E-state index contributed by atoms with van der Waals surface area (Å²) in [5, 5.41) is 8.84. The largest absolute Gasteiger partial charge is 0.451 e. The number of alkyl halides is 3. The van der Waals surface area contributed by atoms with Gasteiger partial charge in [-0.05, 0) is 19.4 Å². The molecule has 24 heavy (non-hydrogen) atoms. The third kappa shape index (κ3) is 4.50. The third-order valence-electron chi connectivity index (χ3n) is 3.33. The molecule has 2 aromatic rings. The van der Waals surface area contributed by atoms with E-state index >= 15 is 0 Å². The molecule has 1 heterocycles. The smallest absolute Gasteiger partial charge is 0.351 e. The second-order valence-corrected chi connectivity index (χ2v) is 6.63. The molecule has 130 valence electrons. The van der Waals surface area contributed by atoms with Gasteiger partial charge in [-0.2, -0.15) is 13.2 Å². The van der Waals surface area contributed by atoms with Crippen LogP contribution in [0, 0.1) is 6.92 Å². The van der Waals surface area contributed by atoms with Gasteiger partial charge >= 0.3 is 6.18 Å². The Hall–Kier alpha value is -2.03. The van der Waals surface area contributed by atoms with Crippen LogP contribution in [0.25, 0.3) is 0 Å². The van der Waals surface area contributed by atoms with Gasteiger partial charge in [0, 0.05) is 13.6 Å². The van der Waals surface area contributed by atoms with E-state index in [1.165, 1.54) is 7.05 Å². The molecule has 0 aliphatic heterocycles. The van der Waals surface area contributed by atoms with Gasteiger partial charge in [-0.1, -0.05) is 41.6 Å². The van der Waals surface area contributed by atoms with E-state index in [0.29, 0.717) is 6.54 Å². The molecule has 2 rings (SSSR count). The van der Waals surface area contributed by atoms with Crippen molar-refractivity contribution in [1.29, 1.82) is 0 Å². The topological polar surface area (TPSA) is 59.8 Å². The first-order chi connectivity index (χ1) is 11.2. The molecule has 9 heteroatoms. The zero-order valence-corrected chi connectivity index (χ0v) is 14.2. The average molecular weight is 358 g/mol. The zero-order valence-electron chi connectivity index (χ0n) is 13.4. The van der Waals surface area contributed by atoms with E-state index in [4.69, 9.17) is 0 Å². The highest BCUT2D eigenvalue weighted by Gasteiger charge is 2.37. The van der Waals surface area contributed by atoms with Gasteiger partial charge in [0.25, 0.3) is 0 Å². The van der Waals surface area contributed by atoms with Gasteiger partial charge in [0.15, 0.2) is 5.16 Å². The van der Waals surface area contributed by atoms with Crippen LogP contribution in [0.5, 0.6) is 0 Å². The van der Waals surface area contributed by atoms with Gasteiger partial charge in [0.05, 0.1) is 5.25 Å². The van der Waals surface area contributed by atoms with Crippen LogP contribution in [0.1, 0.15) is 23.9 Å². The summed E-state index contributed by atoms with van der Waals surface area (Å²) in [7, 11) is 1.22. The van der Waals surface area contributed by atoms with Gasteiger partial charge in [-0.15, -0.1) is 10.2 Å². The lowest BCUT2D eigenvalue weighted by atomic mass is 10.1. The highest BCUT2D eigenvalue weighted by atomic mass is 32.2. The number of amides is 1. The standard InChI is InChI=1S/C15H17F3N4OS/c1-9-4-6-11(7-5-9)8-19-12(23)10(2)24-14-21-20-13(22(14)3)15(16,17)18/h4-7,10H,8H2,1-3H3,(H,19,23). The van der Waals surface area contributed by atoms with Crippen molar-refractivity contribution in [2.45, 2.75) is 37.0 Å². The van der Waals surface area contributed by atoms with E-state index in [1.807, 2.05) is 31.2 Å². The second kappa shape index (κ2) is 7.25. The highest BCUT2D eigenvalue weighted by Crippen LogP contribution is 2.30. The normalized spacial score (nSPS) is 12.9. The van der Waals surface area contributed by atoms with E-state index in [1.54, 1.807) is 6.92 Å². The van der Waals surface area contributed by atoms with Gasteiger partial charge in [0.1, 0.15) is 0 Å². The fourth-order valence-corrected chi connectivity index (χ4v) is 2.75. The summed E-state index contributed by atoms with van der Waals surface area (Å²) in [6.45, 7) is 3.94. The molecule has 0 radical (unpaired) electrons. The summed E-state index contributed by atoms with van der Waals surface area (Å²) in [5.41, 5.74) is 2.07. The fraction of sp³-hybridized carbons (Fsp3) is 0.400. The van der Waals surface area contributed by atoms with Crippen molar-refractivity contribution in [3.63, 3.8) is 0 Å². The summed E-state index contributed by atoms with van der Waals surface area (Å²) in [6, 6.07) is 7.70. The summed E-state index contributed by atoms with van der Waals surface area (Å²) in [6.07, 6.45) is -4.57. The number of nitrogens with zero attached hydrogens (tertiary/aromatic N) is 3. The first-order valence-electron chi connectivity index (χ1n) is 7.15. The Morgan fingerprint density at radius 1 is 1.29 bits per heavy atom. The Balaban J connectivity index is 1.94. The molecule has 0 aliphatic rings. The summed E-state index contributed by atoms with van der Waals surface area (Å²) in [4.78, 5) is 12.1. The molecule has 1 aromatic heterocycles. The van der Waals surface area contributed by atoms with Crippen LogP contribution >= 0.6 is 11.8 Å². The summed E-state index contributed by atoms with van der Waals surface area (Å²) >= 11 is 0.930. The van der Waals surface area contributed by atoms with Crippen LogP contribution in [-0.4, -0.2) is 25.9 Å². The Bertz CT molecular complexity index is 712. The summed E-state index contributed by atoms with van der Waals surface area (Å²) in [5.74, 6) is -1.37. The lowest BCUT2D eigenvalue weighted by Crippen LogP contribution is -2.30. The van der Waals surface area contributed by atoms with Crippen LogP contribution in [-0.2, 0) is 24.6 Å². The molecular formula is C15H17F3N4OS. The summed E-state index contributed by atoms with van der Waals surface area (Å²) < 4.78 is 38.9. The fourth-order valence-electron chi connectivity index (χ4n) is 1.91. The molecule has 1 unspecified atom stereocenters. The molecule has 0 saturated carbocycles. The number of aryl methyl sites for hydroxylation is 1. The number of hydrogen-bond acceptors (Lipinski definition) is 4. The molecule has 1 aromatic carbocycles. The molecule has 0 aliphatic carbocycles. The van der Waals surface area contributed by atoms with E-state index in [9.17, 15) is 18.0 Å². The molecule has 5 nitrogen and oxygen atoms in total. The van der Waals surface area contributed by atoms with Crippen molar-refractivity contribution in [2.24, 2.45) is 7.05 Å². The number of rotatable bonds is 5. The minimum atomic E-state index is -4.57. The Labute approximate surface area is 141 Å². The predicted octanol–water partition coefficient (Wildman–Crippen LogP) is 2.94. The van der Waals surface area contributed by atoms with Crippen molar-refractivity contribution in [3.8, 4) is 0 Å². The SMILES string of the molecule is Cc1ccc(CNC(=O)C(C)Sc2nnc(C(F)(F)F)n2C)cc1. The highest BCUT2D eigenvalue weighted by molar-refractivity contribution is 8.00. The number of thioether (sulfide) groups is 1. The van der Waals surface area contributed by atoms with Gasteiger partial charge in [-0.3, -0.25) is 4.79 Å². The van der Waals surface area contributed by atoms with Crippen molar-refractivity contribution < 1.29 is 18.0 Å². The first-order valence-corrected chi connectivity index (χ1v) is 8.03. The van der Waals surface area contributed by atoms with Crippen LogP contribution < -0.4 is 5.32 Å². The minimum Gasteiger partial charge on any atom is -0.351 e. The van der Waals surface area contributed by atoms with Crippen LogP contribution in [0.2, 0.25) is 0 Å². The van der Waals surface area contributed by atoms with Crippen molar-refractivity contribution in [2.75, 3.05) is 0 Å². The molecule has 1 amide bonds. The van der Waals surface area contributed by atoms with E-state index in [-0.39, 0.29) is 11.1 Å². The lowest BCUT2D eigenvalue weighted by molar-refractivity contribution is -0.147. The number of nitrogens with one attached hydrogen (secondary N) is 1. The van der Waals surface area contributed by atoms with Crippen LogP contribution in [0.4, 0.5) is 13.2 Å². The van der Waals surface area contributed by atoms with Crippen LogP contribution in [0.3, 0.4) is 0 Å². The number of benzene rings is 1. The van der Waals surface area contributed by atoms with Crippen molar-refractivity contribution in [1.82, 2.24) is 20.1 Å². The van der Waals surface area contributed by atoms with Crippen molar-refractivity contribution >= 4 is 17.7 Å². The maximum atomic E-state index is 12.7. The molecule has 0 saturated heterocycles. The molecule has 1 N–H and O–H groups in total. The van der Waals surface area contributed by atoms with Gasteiger partial charge in [-0.25, -0.2) is 0 Å². The van der Waals surface area contributed by atoms with Crippen molar-refractivity contribution in [3.05, 3.63) is 41.2 Å². The Morgan fingerprint density at radius 3 is 2.46 bits per heavy atom. The maximum Gasteiger partial charge on any atom is 0.451 e.